The van der Waals surface area contributed by atoms with Gasteiger partial charge in [0.05, 0.1) is 0 Å². The molecule has 0 amide bonds. The number of rotatable bonds is 0. The smallest absolute Gasteiger partial charge is 0.161 e. The second kappa shape index (κ2) is 3.07. The van der Waals surface area contributed by atoms with Crippen molar-refractivity contribution in [3.05, 3.63) is 23.3 Å². The zero-order valence-corrected chi connectivity index (χ0v) is 10.2. The average molecular weight is 204 g/mol. The lowest BCUT2D eigenvalue weighted by molar-refractivity contribution is -0.124. The van der Waals surface area contributed by atoms with E-state index in [2.05, 4.69) is 33.8 Å². The molecule has 1 nitrogen and oxygen atoms in total. The highest BCUT2D eigenvalue weighted by molar-refractivity contribution is 5.97. The van der Waals surface area contributed by atoms with Crippen molar-refractivity contribution in [1.29, 1.82) is 0 Å². The molecule has 0 saturated carbocycles. The van der Waals surface area contributed by atoms with E-state index in [4.69, 9.17) is 0 Å². The summed E-state index contributed by atoms with van der Waals surface area (Å²) in [4.78, 5) is 12.0. The van der Waals surface area contributed by atoms with Crippen molar-refractivity contribution in [3.8, 4) is 0 Å². The Kier molecular flexibility index (Phi) is 2.18. The summed E-state index contributed by atoms with van der Waals surface area (Å²) in [6, 6.07) is 0. The number of carbonyl (C=O) groups excluding carboxylic acids is 1. The topological polar surface area (TPSA) is 17.1 Å². The van der Waals surface area contributed by atoms with Gasteiger partial charge in [-0.05, 0) is 43.3 Å². The van der Waals surface area contributed by atoms with E-state index in [0.29, 0.717) is 5.78 Å². The molecule has 1 unspecified atom stereocenters. The van der Waals surface area contributed by atoms with Gasteiger partial charge in [0, 0.05) is 5.41 Å². The van der Waals surface area contributed by atoms with Crippen LogP contribution in [0.3, 0.4) is 0 Å². The quantitative estimate of drug-likeness (QED) is 0.588. The minimum absolute atomic E-state index is 0.171. The third-order valence-electron chi connectivity index (χ3n) is 4.00. The van der Waals surface area contributed by atoms with Gasteiger partial charge in [-0.1, -0.05) is 32.4 Å². The van der Waals surface area contributed by atoms with Gasteiger partial charge in [-0.3, -0.25) is 4.79 Å². The molecule has 0 radical (unpaired) electrons. The summed E-state index contributed by atoms with van der Waals surface area (Å²) in [6.45, 7) is 8.58. The van der Waals surface area contributed by atoms with E-state index in [-0.39, 0.29) is 10.8 Å². The molecule has 0 saturated heterocycles. The molecule has 2 rings (SSSR count). The number of hydrogen-bond donors (Lipinski definition) is 0. The minimum atomic E-state index is -0.171. The van der Waals surface area contributed by atoms with Gasteiger partial charge < -0.3 is 0 Å². The van der Waals surface area contributed by atoms with Gasteiger partial charge in [-0.2, -0.15) is 0 Å². The van der Waals surface area contributed by atoms with Crippen LogP contribution >= 0.6 is 0 Å². The molecule has 0 aliphatic heterocycles. The second-order valence-electron chi connectivity index (χ2n) is 5.97. The van der Waals surface area contributed by atoms with Crippen molar-refractivity contribution in [2.24, 2.45) is 10.8 Å². The first-order chi connectivity index (χ1) is 6.85. The van der Waals surface area contributed by atoms with E-state index < -0.39 is 0 Å². The Morgan fingerprint density at radius 1 is 1.27 bits per heavy atom. The van der Waals surface area contributed by atoms with Gasteiger partial charge in [0.15, 0.2) is 5.78 Å². The summed E-state index contributed by atoms with van der Waals surface area (Å²) in [6.07, 6.45) is 7.50. The largest absolute Gasteiger partial charge is 0.294 e. The summed E-state index contributed by atoms with van der Waals surface area (Å²) in [5.41, 5.74) is 2.66. The molecule has 0 N–H and O–H groups in total. The van der Waals surface area contributed by atoms with Crippen LogP contribution in [0.2, 0.25) is 0 Å². The van der Waals surface area contributed by atoms with E-state index in [9.17, 15) is 4.79 Å². The molecular weight excluding hydrogens is 184 g/mol. The van der Waals surface area contributed by atoms with Crippen molar-refractivity contribution < 1.29 is 4.79 Å². The third-order valence-corrected chi connectivity index (χ3v) is 4.00. The molecule has 1 heteroatoms. The zero-order valence-electron chi connectivity index (χ0n) is 10.2. The van der Waals surface area contributed by atoms with Crippen LogP contribution in [0.25, 0.3) is 0 Å². The number of ketones is 1. The third kappa shape index (κ3) is 1.58. The number of hydrogen-bond acceptors (Lipinski definition) is 1. The Bertz CT molecular complexity index is 371. The van der Waals surface area contributed by atoms with Gasteiger partial charge >= 0.3 is 0 Å². The Morgan fingerprint density at radius 3 is 2.60 bits per heavy atom. The zero-order chi connectivity index (χ0) is 11.3. The Balaban J connectivity index is 2.51. The van der Waals surface area contributed by atoms with Crippen LogP contribution in [0.5, 0.6) is 0 Å². The predicted molar refractivity (Wildman–Crippen MR) is 62.6 cm³/mol. The monoisotopic (exact) mass is 204 g/mol. The molecule has 0 aromatic rings. The summed E-state index contributed by atoms with van der Waals surface area (Å²) < 4.78 is 0. The maximum atomic E-state index is 12.0. The van der Waals surface area contributed by atoms with Crippen LogP contribution < -0.4 is 0 Å². The molecule has 82 valence electrons. The molecule has 0 aromatic carbocycles. The molecule has 2 aliphatic rings. The Hall–Kier alpha value is -0.850. The van der Waals surface area contributed by atoms with Gasteiger partial charge in [0.1, 0.15) is 0 Å². The summed E-state index contributed by atoms with van der Waals surface area (Å²) in [7, 11) is 0. The second-order valence-corrected chi connectivity index (χ2v) is 5.97. The van der Waals surface area contributed by atoms with Crippen LogP contribution in [0.4, 0.5) is 0 Å². The van der Waals surface area contributed by atoms with E-state index in [1.165, 1.54) is 17.6 Å². The molecule has 0 aromatic heterocycles. The maximum Gasteiger partial charge on any atom is 0.161 e. The number of fused-ring (bicyclic) bond motifs is 1. The Labute approximate surface area is 92.3 Å². The fourth-order valence-corrected chi connectivity index (χ4v) is 3.19. The van der Waals surface area contributed by atoms with Crippen LogP contribution in [0, 0.1) is 10.8 Å². The normalized spacial score (nSPS) is 34.3. The SMILES string of the molecule is CC1=CCCC2(C)CC(C)(C)C(=O)C=C12. The van der Waals surface area contributed by atoms with Crippen molar-refractivity contribution in [2.45, 2.75) is 47.0 Å². The predicted octanol–water partition coefficient (Wildman–Crippen LogP) is 3.66. The first-order valence-electron chi connectivity index (χ1n) is 5.79. The first-order valence-corrected chi connectivity index (χ1v) is 5.79. The van der Waals surface area contributed by atoms with E-state index in [1.54, 1.807) is 0 Å². The molecule has 0 fully saturated rings. The summed E-state index contributed by atoms with van der Waals surface area (Å²) in [5, 5.41) is 0. The first kappa shape index (κ1) is 10.7. The van der Waals surface area contributed by atoms with Gasteiger partial charge in [0.2, 0.25) is 0 Å². The van der Waals surface area contributed by atoms with Crippen molar-refractivity contribution in [3.63, 3.8) is 0 Å². The van der Waals surface area contributed by atoms with Crippen LogP contribution in [0.1, 0.15) is 47.0 Å². The fraction of sp³-hybridized carbons (Fsp3) is 0.643. The Morgan fingerprint density at radius 2 is 1.93 bits per heavy atom. The standard InChI is InChI=1S/C14H20O/c1-10-6-5-7-14(4)9-13(2,3)12(15)8-11(10)14/h6,8H,5,7,9H2,1-4H3. The highest BCUT2D eigenvalue weighted by Crippen LogP contribution is 2.51. The molecule has 2 aliphatic carbocycles. The lowest BCUT2D eigenvalue weighted by Gasteiger charge is -2.44. The van der Waals surface area contributed by atoms with Crippen molar-refractivity contribution in [2.75, 3.05) is 0 Å². The highest BCUT2D eigenvalue weighted by atomic mass is 16.1. The minimum Gasteiger partial charge on any atom is -0.294 e. The number of carbonyl (C=O) groups is 1. The fourth-order valence-electron chi connectivity index (χ4n) is 3.19. The van der Waals surface area contributed by atoms with Crippen molar-refractivity contribution >= 4 is 5.78 Å². The molecule has 0 bridgehead atoms. The average Bonchev–Trinajstić information content (AvgIpc) is 2.08. The van der Waals surface area contributed by atoms with Crippen molar-refractivity contribution in [1.82, 2.24) is 0 Å². The van der Waals surface area contributed by atoms with Crippen LogP contribution in [-0.4, -0.2) is 5.78 Å². The molecule has 0 heterocycles. The van der Waals surface area contributed by atoms with Crippen LogP contribution in [-0.2, 0) is 4.79 Å². The lowest BCUT2D eigenvalue weighted by atomic mass is 9.59. The number of allylic oxidation sites excluding steroid dienone is 4. The molecule has 0 spiro atoms. The summed E-state index contributed by atoms with van der Waals surface area (Å²) in [5.74, 6) is 0.296. The van der Waals surface area contributed by atoms with Gasteiger partial charge in [-0.25, -0.2) is 0 Å². The molecule has 15 heavy (non-hydrogen) atoms. The lowest BCUT2D eigenvalue weighted by Crippen LogP contribution is -2.38. The van der Waals surface area contributed by atoms with E-state index in [0.717, 1.165) is 12.8 Å². The highest BCUT2D eigenvalue weighted by Gasteiger charge is 2.44. The summed E-state index contributed by atoms with van der Waals surface area (Å²) >= 11 is 0. The van der Waals surface area contributed by atoms with E-state index >= 15 is 0 Å². The van der Waals surface area contributed by atoms with Crippen LogP contribution in [0.15, 0.2) is 23.3 Å². The van der Waals surface area contributed by atoms with E-state index in [1.807, 2.05) is 6.08 Å². The van der Waals surface area contributed by atoms with Gasteiger partial charge in [0.25, 0.3) is 0 Å². The molecule has 1 atom stereocenters. The maximum absolute atomic E-state index is 12.0. The molecular formula is C14H20O. The van der Waals surface area contributed by atoms with Gasteiger partial charge in [-0.15, -0.1) is 0 Å².